The van der Waals surface area contributed by atoms with Crippen molar-refractivity contribution in [1.29, 1.82) is 0 Å². The van der Waals surface area contributed by atoms with E-state index in [-0.39, 0.29) is 5.41 Å². The highest BCUT2D eigenvalue weighted by atomic mass is 79.9. The first-order valence-corrected chi connectivity index (χ1v) is 8.10. The topological polar surface area (TPSA) is 43.8 Å². The maximum Gasteiger partial charge on any atom is 0.136 e. The highest BCUT2D eigenvalue weighted by Gasteiger charge is 2.20. The zero-order valence-corrected chi connectivity index (χ0v) is 15.1. The molecule has 20 heavy (non-hydrogen) atoms. The van der Waals surface area contributed by atoms with Crippen LogP contribution in [0.15, 0.2) is 33.2 Å². The molecule has 5 heteroatoms. The first kappa shape index (κ1) is 15.6. The Bertz CT molecular complexity index is 612. The van der Waals surface area contributed by atoms with Crippen molar-refractivity contribution in [3.05, 3.63) is 44.5 Å². The quantitative estimate of drug-likeness (QED) is 0.816. The molecule has 2 rings (SSSR count). The summed E-state index contributed by atoms with van der Waals surface area (Å²) in [5.74, 6) is 0.681. The first-order chi connectivity index (χ1) is 9.28. The van der Waals surface area contributed by atoms with Gasteiger partial charge in [-0.3, -0.25) is 0 Å². The Balaban J connectivity index is 2.30. The molecule has 3 nitrogen and oxygen atoms in total. The van der Waals surface area contributed by atoms with Gasteiger partial charge in [0.15, 0.2) is 0 Å². The van der Waals surface area contributed by atoms with Gasteiger partial charge in [-0.25, -0.2) is 4.68 Å². The second-order valence-corrected chi connectivity index (χ2v) is 7.78. The minimum absolute atomic E-state index is 0.182. The van der Waals surface area contributed by atoms with Gasteiger partial charge in [-0.05, 0) is 39.4 Å². The SMILES string of the molecule is CC(C)(C)Cc1nn(Cc2ccccc2Br)c(N)c1Br. The van der Waals surface area contributed by atoms with Crippen molar-refractivity contribution in [2.75, 3.05) is 5.73 Å². The summed E-state index contributed by atoms with van der Waals surface area (Å²) in [5, 5.41) is 4.66. The molecule has 108 valence electrons. The number of nitrogens with two attached hydrogens (primary N) is 1. The van der Waals surface area contributed by atoms with Crippen molar-refractivity contribution in [2.45, 2.75) is 33.7 Å². The predicted octanol–water partition coefficient (Wildman–Crippen LogP) is 4.63. The molecule has 0 fully saturated rings. The van der Waals surface area contributed by atoms with Crippen LogP contribution in [0.25, 0.3) is 0 Å². The van der Waals surface area contributed by atoms with Crippen LogP contribution >= 0.6 is 31.9 Å². The number of rotatable bonds is 3. The van der Waals surface area contributed by atoms with E-state index in [9.17, 15) is 0 Å². The van der Waals surface area contributed by atoms with Crippen molar-refractivity contribution in [1.82, 2.24) is 9.78 Å². The van der Waals surface area contributed by atoms with Crippen LogP contribution in [0.5, 0.6) is 0 Å². The Morgan fingerprint density at radius 2 is 1.85 bits per heavy atom. The van der Waals surface area contributed by atoms with Crippen molar-refractivity contribution >= 4 is 37.7 Å². The van der Waals surface area contributed by atoms with E-state index >= 15 is 0 Å². The summed E-state index contributed by atoms with van der Waals surface area (Å²) in [4.78, 5) is 0. The van der Waals surface area contributed by atoms with Crippen LogP contribution in [0.3, 0.4) is 0 Å². The molecule has 0 atom stereocenters. The summed E-state index contributed by atoms with van der Waals surface area (Å²) < 4.78 is 3.84. The maximum atomic E-state index is 6.16. The molecule has 0 bridgehead atoms. The lowest BCUT2D eigenvalue weighted by atomic mass is 9.91. The summed E-state index contributed by atoms with van der Waals surface area (Å²) in [7, 11) is 0. The average molecular weight is 401 g/mol. The molecule has 0 saturated carbocycles. The van der Waals surface area contributed by atoms with E-state index < -0.39 is 0 Å². The van der Waals surface area contributed by atoms with Crippen LogP contribution in [0.2, 0.25) is 0 Å². The van der Waals surface area contributed by atoms with Gasteiger partial charge in [0.05, 0.1) is 16.7 Å². The average Bonchev–Trinajstić information content (AvgIpc) is 2.59. The molecule has 0 aliphatic rings. The monoisotopic (exact) mass is 399 g/mol. The first-order valence-electron chi connectivity index (χ1n) is 6.52. The van der Waals surface area contributed by atoms with E-state index in [4.69, 9.17) is 5.73 Å². The third kappa shape index (κ3) is 3.64. The number of benzene rings is 1. The van der Waals surface area contributed by atoms with Crippen molar-refractivity contribution in [2.24, 2.45) is 5.41 Å². The minimum atomic E-state index is 0.182. The Morgan fingerprint density at radius 1 is 1.20 bits per heavy atom. The zero-order chi connectivity index (χ0) is 14.9. The molecule has 1 aromatic carbocycles. The van der Waals surface area contributed by atoms with Gasteiger partial charge in [0, 0.05) is 4.47 Å². The van der Waals surface area contributed by atoms with Gasteiger partial charge >= 0.3 is 0 Å². The zero-order valence-electron chi connectivity index (χ0n) is 12.0. The Morgan fingerprint density at radius 3 is 2.45 bits per heavy atom. The standard InChI is InChI=1S/C15H19Br2N3/c1-15(2,3)8-12-13(17)14(18)20(19-12)9-10-6-4-5-7-11(10)16/h4-7H,8-9,18H2,1-3H3. The highest BCUT2D eigenvalue weighted by molar-refractivity contribution is 9.11. The molecule has 0 amide bonds. The molecule has 1 aromatic heterocycles. The van der Waals surface area contributed by atoms with Gasteiger partial charge in [-0.1, -0.05) is 54.9 Å². The fourth-order valence-electron chi connectivity index (χ4n) is 2.03. The fraction of sp³-hybridized carbons (Fsp3) is 0.400. The van der Waals surface area contributed by atoms with Crippen LogP contribution in [-0.2, 0) is 13.0 Å². The Kier molecular flexibility index (Phi) is 4.59. The number of nitrogen functional groups attached to an aromatic ring is 1. The Labute approximate surface area is 136 Å². The van der Waals surface area contributed by atoms with E-state index in [0.29, 0.717) is 12.4 Å². The number of hydrogen-bond donors (Lipinski definition) is 1. The van der Waals surface area contributed by atoms with Crippen LogP contribution in [0.1, 0.15) is 32.0 Å². The van der Waals surface area contributed by atoms with Crippen molar-refractivity contribution in [3.63, 3.8) is 0 Å². The minimum Gasteiger partial charge on any atom is -0.383 e. The lowest BCUT2D eigenvalue weighted by Gasteiger charge is -2.16. The van der Waals surface area contributed by atoms with Crippen molar-refractivity contribution < 1.29 is 0 Å². The van der Waals surface area contributed by atoms with Gasteiger partial charge in [-0.15, -0.1) is 0 Å². The number of halogens is 2. The number of nitrogens with zero attached hydrogens (tertiary/aromatic N) is 2. The van der Waals surface area contributed by atoms with E-state index in [1.54, 1.807) is 0 Å². The lowest BCUT2D eigenvalue weighted by molar-refractivity contribution is 0.403. The van der Waals surface area contributed by atoms with Crippen molar-refractivity contribution in [3.8, 4) is 0 Å². The summed E-state index contributed by atoms with van der Waals surface area (Å²) in [6.07, 6.45) is 0.890. The third-order valence-corrected chi connectivity index (χ3v) is 4.61. The van der Waals surface area contributed by atoms with Gasteiger partial charge in [0.2, 0.25) is 0 Å². The van der Waals surface area contributed by atoms with Crippen LogP contribution < -0.4 is 5.73 Å². The van der Waals surface area contributed by atoms with Gasteiger partial charge in [0.1, 0.15) is 5.82 Å². The molecule has 2 aromatic rings. The largest absolute Gasteiger partial charge is 0.383 e. The van der Waals surface area contributed by atoms with Crippen LogP contribution in [-0.4, -0.2) is 9.78 Å². The van der Waals surface area contributed by atoms with E-state index in [1.807, 2.05) is 22.9 Å². The fourth-order valence-corrected chi connectivity index (χ4v) is 2.86. The molecule has 0 unspecified atom stereocenters. The van der Waals surface area contributed by atoms with Gasteiger partial charge in [-0.2, -0.15) is 5.10 Å². The summed E-state index contributed by atoms with van der Waals surface area (Å²) in [5.41, 5.74) is 8.52. The Hall–Kier alpha value is -0.810. The normalized spacial score (nSPS) is 11.8. The molecule has 1 heterocycles. The van der Waals surface area contributed by atoms with Crippen LogP contribution in [0, 0.1) is 5.41 Å². The third-order valence-electron chi connectivity index (χ3n) is 2.97. The maximum absolute atomic E-state index is 6.16. The molecule has 0 aliphatic carbocycles. The van der Waals surface area contributed by atoms with E-state index in [1.165, 1.54) is 0 Å². The molecule has 0 saturated heterocycles. The second kappa shape index (κ2) is 5.90. The smallest absolute Gasteiger partial charge is 0.136 e. The van der Waals surface area contributed by atoms with Gasteiger partial charge < -0.3 is 5.73 Å². The molecule has 0 aliphatic heterocycles. The number of aromatic nitrogens is 2. The summed E-state index contributed by atoms with van der Waals surface area (Å²) in [6, 6.07) is 8.12. The number of hydrogen-bond acceptors (Lipinski definition) is 2. The van der Waals surface area contributed by atoms with E-state index in [2.05, 4.69) is 63.8 Å². The molecular weight excluding hydrogens is 382 g/mol. The summed E-state index contributed by atoms with van der Waals surface area (Å²) >= 11 is 7.12. The molecule has 2 N–H and O–H groups in total. The predicted molar refractivity (Wildman–Crippen MR) is 90.7 cm³/mol. The summed E-state index contributed by atoms with van der Waals surface area (Å²) in [6.45, 7) is 7.25. The van der Waals surface area contributed by atoms with Crippen LogP contribution in [0.4, 0.5) is 5.82 Å². The van der Waals surface area contributed by atoms with E-state index in [0.717, 1.165) is 26.6 Å². The van der Waals surface area contributed by atoms with Gasteiger partial charge in [0.25, 0.3) is 0 Å². The molecular formula is C15H19Br2N3. The molecule has 0 spiro atoms. The number of anilines is 1. The molecule has 0 radical (unpaired) electrons. The highest BCUT2D eigenvalue weighted by Crippen LogP contribution is 2.30. The second-order valence-electron chi connectivity index (χ2n) is 6.13. The lowest BCUT2D eigenvalue weighted by Crippen LogP contribution is -2.11.